The van der Waals surface area contributed by atoms with Gasteiger partial charge in [0.25, 0.3) is 5.56 Å². The van der Waals surface area contributed by atoms with E-state index in [-0.39, 0.29) is 22.9 Å². The lowest BCUT2D eigenvalue weighted by Gasteiger charge is -2.03. The second-order valence-electron chi connectivity index (χ2n) is 4.62. The van der Waals surface area contributed by atoms with Crippen LogP contribution in [0.1, 0.15) is 5.82 Å². The summed E-state index contributed by atoms with van der Waals surface area (Å²) in [5.41, 5.74) is 3.16. The molecule has 7 heteroatoms. The van der Waals surface area contributed by atoms with E-state index in [2.05, 4.69) is 20.5 Å². The van der Waals surface area contributed by atoms with Gasteiger partial charge in [-0.2, -0.15) is 10.4 Å². The van der Waals surface area contributed by atoms with Gasteiger partial charge in [0, 0.05) is 0 Å². The Hall–Kier alpha value is -3.53. The normalized spacial score (nSPS) is 11.2. The molecule has 1 aromatic heterocycles. The molecule has 0 amide bonds. The summed E-state index contributed by atoms with van der Waals surface area (Å²) in [7, 11) is 0. The number of anilines is 1. The molecule has 0 saturated carbocycles. The minimum absolute atomic E-state index is 0.0609. The molecule has 0 saturated heterocycles. The third-order valence-electron chi connectivity index (χ3n) is 3.08. The van der Waals surface area contributed by atoms with Crippen LogP contribution in [-0.4, -0.2) is 15.7 Å². The fraction of sp³-hybridized carbons (Fsp3) is 0. The van der Waals surface area contributed by atoms with E-state index in [0.717, 1.165) is 0 Å². The Bertz CT molecular complexity index is 986. The van der Waals surface area contributed by atoms with Gasteiger partial charge in [0.05, 0.1) is 16.6 Å². The average Bonchev–Trinajstić information content (AvgIpc) is 2.57. The number of aromatic nitrogens is 2. The Labute approximate surface area is 129 Å². The number of para-hydroxylation sites is 1. The molecule has 6 nitrogen and oxygen atoms in total. The number of benzene rings is 2. The van der Waals surface area contributed by atoms with Gasteiger partial charge in [0.2, 0.25) is 5.71 Å². The molecule has 3 rings (SSSR count). The lowest BCUT2D eigenvalue weighted by molar-refractivity contribution is 0.628. The highest BCUT2D eigenvalue weighted by atomic mass is 19.1. The molecule has 0 aliphatic heterocycles. The number of H-pyrrole nitrogens is 1. The van der Waals surface area contributed by atoms with Crippen molar-refractivity contribution < 1.29 is 4.39 Å². The quantitative estimate of drug-likeness (QED) is 0.574. The van der Waals surface area contributed by atoms with Crippen LogP contribution in [0.4, 0.5) is 10.1 Å². The van der Waals surface area contributed by atoms with Crippen LogP contribution in [0.3, 0.4) is 0 Å². The minimum atomic E-state index is -0.374. The molecule has 1 heterocycles. The Morgan fingerprint density at radius 2 is 1.96 bits per heavy atom. The fourth-order valence-electron chi connectivity index (χ4n) is 1.97. The first-order valence-electron chi connectivity index (χ1n) is 6.66. The van der Waals surface area contributed by atoms with E-state index in [1.54, 1.807) is 24.3 Å². The maximum atomic E-state index is 12.8. The second kappa shape index (κ2) is 6.07. The molecule has 0 atom stereocenters. The van der Waals surface area contributed by atoms with Gasteiger partial charge >= 0.3 is 0 Å². The Kier molecular flexibility index (Phi) is 3.80. The number of rotatable bonds is 3. The van der Waals surface area contributed by atoms with Crippen molar-refractivity contribution in [2.75, 3.05) is 5.43 Å². The van der Waals surface area contributed by atoms with E-state index in [1.165, 1.54) is 24.3 Å². The number of hydrazone groups is 1. The van der Waals surface area contributed by atoms with Crippen LogP contribution in [0.25, 0.3) is 10.9 Å². The van der Waals surface area contributed by atoms with Gasteiger partial charge in [-0.15, -0.1) is 0 Å². The van der Waals surface area contributed by atoms with Gasteiger partial charge in [0.15, 0.2) is 5.82 Å². The maximum absolute atomic E-state index is 12.8. The van der Waals surface area contributed by atoms with Gasteiger partial charge in [-0.05, 0) is 36.4 Å². The van der Waals surface area contributed by atoms with Crippen molar-refractivity contribution in [3.63, 3.8) is 0 Å². The lowest BCUT2D eigenvalue weighted by Crippen LogP contribution is -2.16. The van der Waals surface area contributed by atoms with Gasteiger partial charge < -0.3 is 4.98 Å². The number of aromatic amines is 1. The third-order valence-corrected chi connectivity index (χ3v) is 3.08. The number of nitriles is 1. The fourth-order valence-corrected chi connectivity index (χ4v) is 1.97. The number of nitrogens with zero attached hydrogens (tertiary/aromatic N) is 3. The van der Waals surface area contributed by atoms with Crippen LogP contribution >= 0.6 is 0 Å². The zero-order valence-electron chi connectivity index (χ0n) is 11.7. The summed E-state index contributed by atoms with van der Waals surface area (Å²) in [5.74, 6) is -0.314. The van der Waals surface area contributed by atoms with Crippen molar-refractivity contribution in [2.24, 2.45) is 5.10 Å². The standard InChI is InChI=1S/C16H10FN5O/c17-10-5-7-11(8-6-10)21-22-14(9-18)15-19-13-4-2-1-3-12(13)16(23)20-15/h1-8,21H,(H,19,20,23)/b22-14+. The highest BCUT2D eigenvalue weighted by molar-refractivity contribution is 6.10. The number of hydrogen-bond donors (Lipinski definition) is 2. The summed E-state index contributed by atoms with van der Waals surface area (Å²) >= 11 is 0. The van der Waals surface area contributed by atoms with E-state index in [4.69, 9.17) is 0 Å². The van der Waals surface area contributed by atoms with Crippen LogP contribution in [0.5, 0.6) is 0 Å². The SMILES string of the molecule is N#C/C(=N\Nc1ccc(F)cc1)c1nc2ccccc2c(=O)[nH]1. The van der Waals surface area contributed by atoms with Crippen molar-refractivity contribution in [1.29, 1.82) is 5.26 Å². The minimum Gasteiger partial charge on any atom is -0.304 e. The lowest BCUT2D eigenvalue weighted by atomic mass is 10.2. The van der Waals surface area contributed by atoms with Crippen LogP contribution in [0.15, 0.2) is 58.4 Å². The molecule has 0 aliphatic rings. The molecule has 0 unspecified atom stereocenters. The average molecular weight is 307 g/mol. The van der Waals surface area contributed by atoms with Crippen LogP contribution in [0, 0.1) is 17.1 Å². The summed E-state index contributed by atoms with van der Waals surface area (Å²) in [4.78, 5) is 18.8. The molecule has 0 fully saturated rings. The summed E-state index contributed by atoms with van der Waals surface area (Å²) in [6.07, 6.45) is 0. The highest BCUT2D eigenvalue weighted by Crippen LogP contribution is 2.09. The van der Waals surface area contributed by atoms with Crippen molar-refractivity contribution in [3.8, 4) is 6.07 Å². The van der Waals surface area contributed by atoms with Crippen LogP contribution in [-0.2, 0) is 0 Å². The monoisotopic (exact) mass is 307 g/mol. The van der Waals surface area contributed by atoms with Crippen molar-refractivity contribution in [2.45, 2.75) is 0 Å². The number of hydrogen-bond acceptors (Lipinski definition) is 5. The Morgan fingerprint density at radius 1 is 1.22 bits per heavy atom. The predicted molar refractivity (Wildman–Crippen MR) is 84.5 cm³/mol. The number of nitrogens with one attached hydrogen (secondary N) is 2. The molecule has 0 bridgehead atoms. The first-order valence-corrected chi connectivity index (χ1v) is 6.66. The Balaban J connectivity index is 1.97. The first kappa shape index (κ1) is 14.4. The Morgan fingerprint density at radius 3 is 2.70 bits per heavy atom. The summed E-state index contributed by atoms with van der Waals surface area (Å²) in [6, 6.07) is 14.2. The van der Waals surface area contributed by atoms with Crippen molar-refractivity contribution in [3.05, 3.63) is 70.5 Å². The molecule has 0 spiro atoms. The van der Waals surface area contributed by atoms with Crippen molar-refractivity contribution >= 4 is 22.3 Å². The van der Waals surface area contributed by atoms with Crippen LogP contribution < -0.4 is 11.0 Å². The van der Waals surface area contributed by atoms with E-state index in [9.17, 15) is 14.4 Å². The number of halogens is 1. The summed E-state index contributed by atoms with van der Waals surface area (Å²) in [5, 5.41) is 13.6. The van der Waals surface area contributed by atoms with Gasteiger partial charge in [0.1, 0.15) is 11.9 Å². The van der Waals surface area contributed by atoms with Gasteiger partial charge in [-0.3, -0.25) is 10.2 Å². The molecule has 0 aliphatic carbocycles. The van der Waals surface area contributed by atoms with E-state index >= 15 is 0 Å². The van der Waals surface area contributed by atoms with E-state index in [0.29, 0.717) is 16.6 Å². The van der Waals surface area contributed by atoms with E-state index in [1.807, 2.05) is 6.07 Å². The zero-order chi connectivity index (χ0) is 16.2. The van der Waals surface area contributed by atoms with E-state index < -0.39 is 0 Å². The smallest absolute Gasteiger partial charge is 0.259 e. The van der Waals surface area contributed by atoms with Gasteiger partial charge in [-0.1, -0.05) is 12.1 Å². The molecule has 2 aromatic carbocycles. The molecular formula is C16H10FN5O. The highest BCUT2D eigenvalue weighted by Gasteiger charge is 2.09. The maximum Gasteiger partial charge on any atom is 0.259 e. The molecule has 0 radical (unpaired) electrons. The molecular weight excluding hydrogens is 297 g/mol. The molecule has 2 N–H and O–H groups in total. The second-order valence-corrected chi connectivity index (χ2v) is 4.62. The van der Waals surface area contributed by atoms with Crippen molar-refractivity contribution in [1.82, 2.24) is 9.97 Å². The topological polar surface area (TPSA) is 93.9 Å². The summed E-state index contributed by atoms with van der Waals surface area (Å²) in [6.45, 7) is 0. The first-order chi connectivity index (χ1) is 11.2. The molecule has 112 valence electrons. The predicted octanol–water partition coefficient (Wildman–Crippen LogP) is 2.40. The largest absolute Gasteiger partial charge is 0.304 e. The zero-order valence-corrected chi connectivity index (χ0v) is 11.7. The van der Waals surface area contributed by atoms with Gasteiger partial charge in [-0.25, -0.2) is 9.37 Å². The number of fused-ring (bicyclic) bond motifs is 1. The van der Waals surface area contributed by atoms with Crippen LogP contribution in [0.2, 0.25) is 0 Å². The third kappa shape index (κ3) is 3.06. The summed E-state index contributed by atoms with van der Waals surface area (Å²) < 4.78 is 12.8. The molecule has 3 aromatic rings. The molecule has 23 heavy (non-hydrogen) atoms.